The summed E-state index contributed by atoms with van der Waals surface area (Å²) in [6.45, 7) is 1.71. The Labute approximate surface area is 139 Å². The Bertz CT molecular complexity index is 732. The van der Waals surface area contributed by atoms with Gasteiger partial charge in [-0.3, -0.25) is 4.98 Å². The van der Waals surface area contributed by atoms with E-state index in [1.54, 1.807) is 18.5 Å². The van der Waals surface area contributed by atoms with Crippen LogP contribution in [-0.4, -0.2) is 34.2 Å². The minimum Gasteiger partial charge on any atom is -0.384 e. The van der Waals surface area contributed by atoms with Crippen LogP contribution in [-0.2, 0) is 4.74 Å². The van der Waals surface area contributed by atoms with Gasteiger partial charge in [-0.05, 0) is 30.7 Å². The first-order valence-corrected chi connectivity index (χ1v) is 8.12. The first kappa shape index (κ1) is 14.7. The van der Waals surface area contributed by atoms with E-state index in [4.69, 9.17) is 22.1 Å². The molecule has 0 radical (unpaired) electrons. The van der Waals surface area contributed by atoms with Gasteiger partial charge in [0.15, 0.2) is 0 Å². The summed E-state index contributed by atoms with van der Waals surface area (Å²) >= 11 is 6.20. The summed E-state index contributed by atoms with van der Waals surface area (Å²) in [7, 11) is 0. The third-order valence-electron chi connectivity index (χ3n) is 4.79. The molecule has 6 nitrogen and oxygen atoms in total. The number of aromatic nitrogens is 3. The van der Waals surface area contributed by atoms with Crippen molar-refractivity contribution in [2.75, 3.05) is 24.3 Å². The van der Waals surface area contributed by atoms with Crippen LogP contribution < -0.4 is 11.1 Å². The molecule has 23 heavy (non-hydrogen) atoms. The van der Waals surface area contributed by atoms with Gasteiger partial charge in [0.1, 0.15) is 11.6 Å². The van der Waals surface area contributed by atoms with Crippen LogP contribution in [0.3, 0.4) is 0 Å². The predicted octanol–water partition coefficient (Wildman–Crippen LogP) is 2.76. The normalized spacial score (nSPS) is 22.0. The number of hydrogen-bond donors (Lipinski definition) is 2. The average Bonchev–Trinajstić information content (AvgIpc) is 3.21. The summed E-state index contributed by atoms with van der Waals surface area (Å²) < 4.78 is 5.46. The van der Waals surface area contributed by atoms with Crippen molar-refractivity contribution in [3.05, 3.63) is 29.7 Å². The zero-order valence-electron chi connectivity index (χ0n) is 12.6. The summed E-state index contributed by atoms with van der Waals surface area (Å²) in [4.78, 5) is 12.9. The van der Waals surface area contributed by atoms with Crippen molar-refractivity contribution < 1.29 is 4.74 Å². The SMILES string of the molecule is Nc1cc(-c2cncc(N[C@@H]3CC34CCOCC4)n2)c(Cl)cn1. The number of anilines is 2. The van der Waals surface area contributed by atoms with Crippen LogP contribution in [0.25, 0.3) is 11.3 Å². The molecule has 120 valence electrons. The number of nitrogens with one attached hydrogen (secondary N) is 1. The molecule has 1 saturated heterocycles. The second-order valence-corrected chi connectivity index (χ2v) is 6.66. The Morgan fingerprint density at radius 2 is 2.09 bits per heavy atom. The minimum absolute atomic E-state index is 0.384. The van der Waals surface area contributed by atoms with Crippen LogP contribution >= 0.6 is 11.6 Å². The van der Waals surface area contributed by atoms with Crippen molar-refractivity contribution in [3.63, 3.8) is 0 Å². The zero-order chi connectivity index (χ0) is 15.9. The van der Waals surface area contributed by atoms with Gasteiger partial charge in [0.2, 0.25) is 0 Å². The fraction of sp³-hybridized carbons (Fsp3) is 0.438. The molecule has 2 aliphatic rings. The van der Waals surface area contributed by atoms with E-state index >= 15 is 0 Å². The molecule has 2 fully saturated rings. The Hall–Kier alpha value is -1.92. The van der Waals surface area contributed by atoms with Gasteiger partial charge in [-0.25, -0.2) is 9.97 Å². The van der Waals surface area contributed by atoms with Crippen molar-refractivity contribution in [1.82, 2.24) is 15.0 Å². The second-order valence-electron chi connectivity index (χ2n) is 6.25. The highest BCUT2D eigenvalue weighted by Crippen LogP contribution is 2.54. The van der Waals surface area contributed by atoms with E-state index in [0.717, 1.165) is 37.4 Å². The highest BCUT2D eigenvalue weighted by molar-refractivity contribution is 6.33. The Balaban J connectivity index is 1.54. The number of hydrogen-bond acceptors (Lipinski definition) is 6. The third-order valence-corrected chi connectivity index (χ3v) is 5.09. The molecule has 7 heteroatoms. The summed E-state index contributed by atoms with van der Waals surface area (Å²) in [6, 6.07) is 2.17. The number of nitrogens with zero attached hydrogens (tertiary/aromatic N) is 3. The lowest BCUT2D eigenvalue weighted by molar-refractivity contribution is 0.0567. The van der Waals surface area contributed by atoms with Crippen LogP contribution in [0.1, 0.15) is 19.3 Å². The number of pyridine rings is 1. The second kappa shape index (κ2) is 5.62. The Morgan fingerprint density at radius 1 is 1.26 bits per heavy atom. The quantitative estimate of drug-likeness (QED) is 0.899. The monoisotopic (exact) mass is 331 g/mol. The molecule has 1 atom stereocenters. The van der Waals surface area contributed by atoms with Crippen molar-refractivity contribution in [1.29, 1.82) is 0 Å². The molecule has 3 N–H and O–H groups in total. The number of nitrogen functional groups attached to an aromatic ring is 1. The zero-order valence-corrected chi connectivity index (χ0v) is 13.4. The highest BCUT2D eigenvalue weighted by Gasteiger charge is 2.54. The molecule has 0 unspecified atom stereocenters. The standard InChI is InChI=1S/C16H18ClN5O/c17-11-7-20-14(18)5-10(11)12-8-19-9-15(21-12)22-13-6-16(13)1-3-23-4-2-16/h5,7-9,13H,1-4,6H2,(H2,18,20)(H,21,22)/t13-/m1/s1. The molecule has 0 aromatic carbocycles. The molecule has 1 aliphatic heterocycles. The van der Waals surface area contributed by atoms with E-state index in [0.29, 0.717) is 28.0 Å². The van der Waals surface area contributed by atoms with Gasteiger partial charge in [-0.1, -0.05) is 11.6 Å². The summed E-state index contributed by atoms with van der Waals surface area (Å²) in [5.74, 6) is 1.18. The van der Waals surface area contributed by atoms with Crippen LogP contribution in [0.5, 0.6) is 0 Å². The molecule has 4 rings (SSSR count). The van der Waals surface area contributed by atoms with Crippen LogP contribution in [0.15, 0.2) is 24.7 Å². The molecule has 1 spiro atoms. The largest absolute Gasteiger partial charge is 0.384 e. The van der Waals surface area contributed by atoms with Crippen LogP contribution in [0, 0.1) is 5.41 Å². The van der Waals surface area contributed by atoms with E-state index in [1.165, 1.54) is 12.6 Å². The highest BCUT2D eigenvalue weighted by atomic mass is 35.5. The lowest BCUT2D eigenvalue weighted by Crippen LogP contribution is -2.23. The fourth-order valence-electron chi connectivity index (χ4n) is 3.28. The van der Waals surface area contributed by atoms with Gasteiger partial charge in [-0.15, -0.1) is 0 Å². The molecule has 0 bridgehead atoms. The van der Waals surface area contributed by atoms with Crippen molar-refractivity contribution >= 4 is 23.2 Å². The maximum absolute atomic E-state index is 6.20. The van der Waals surface area contributed by atoms with Gasteiger partial charge >= 0.3 is 0 Å². The van der Waals surface area contributed by atoms with Gasteiger partial charge in [-0.2, -0.15) is 0 Å². The molecule has 1 aliphatic carbocycles. The van der Waals surface area contributed by atoms with E-state index in [9.17, 15) is 0 Å². The smallest absolute Gasteiger partial charge is 0.145 e. The van der Waals surface area contributed by atoms with Gasteiger partial charge in [0, 0.05) is 31.0 Å². The lowest BCUT2D eigenvalue weighted by atomic mass is 9.96. The fourth-order valence-corrected chi connectivity index (χ4v) is 3.48. The Morgan fingerprint density at radius 3 is 2.91 bits per heavy atom. The van der Waals surface area contributed by atoms with Crippen LogP contribution in [0.4, 0.5) is 11.6 Å². The van der Waals surface area contributed by atoms with Gasteiger partial charge < -0.3 is 15.8 Å². The minimum atomic E-state index is 0.384. The number of rotatable bonds is 3. The first-order valence-electron chi connectivity index (χ1n) is 7.74. The Kier molecular flexibility index (Phi) is 3.58. The van der Waals surface area contributed by atoms with E-state index in [2.05, 4.69) is 20.3 Å². The van der Waals surface area contributed by atoms with Crippen LogP contribution in [0.2, 0.25) is 5.02 Å². The summed E-state index contributed by atoms with van der Waals surface area (Å²) in [5.41, 5.74) is 7.56. The maximum Gasteiger partial charge on any atom is 0.145 e. The molecular formula is C16H18ClN5O. The molecule has 0 amide bonds. The lowest BCUT2D eigenvalue weighted by Gasteiger charge is -2.23. The number of nitrogens with two attached hydrogens (primary N) is 1. The summed E-state index contributed by atoms with van der Waals surface area (Å²) in [5, 5.41) is 4.01. The van der Waals surface area contributed by atoms with Gasteiger partial charge in [0.05, 0.1) is 23.1 Å². The van der Waals surface area contributed by atoms with Crippen molar-refractivity contribution in [2.24, 2.45) is 5.41 Å². The van der Waals surface area contributed by atoms with E-state index in [-0.39, 0.29) is 0 Å². The number of ether oxygens (including phenoxy) is 1. The number of halogens is 1. The van der Waals surface area contributed by atoms with Crippen molar-refractivity contribution in [2.45, 2.75) is 25.3 Å². The maximum atomic E-state index is 6.20. The van der Waals surface area contributed by atoms with Gasteiger partial charge in [0.25, 0.3) is 0 Å². The summed E-state index contributed by atoms with van der Waals surface area (Å²) in [6.07, 6.45) is 8.36. The molecule has 3 heterocycles. The molecule has 2 aromatic rings. The molecule has 2 aromatic heterocycles. The van der Waals surface area contributed by atoms with E-state index < -0.39 is 0 Å². The van der Waals surface area contributed by atoms with Crippen molar-refractivity contribution in [3.8, 4) is 11.3 Å². The topological polar surface area (TPSA) is 86.0 Å². The molecule has 1 saturated carbocycles. The average molecular weight is 332 g/mol. The molecular weight excluding hydrogens is 314 g/mol. The first-order chi connectivity index (χ1) is 11.2. The van der Waals surface area contributed by atoms with E-state index in [1.807, 2.05) is 0 Å². The third kappa shape index (κ3) is 2.84. The predicted molar refractivity (Wildman–Crippen MR) is 89.2 cm³/mol.